The fraction of sp³-hybridized carbons (Fsp3) is 0.0714. The van der Waals surface area contributed by atoms with E-state index in [0.29, 0.717) is 16.3 Å². The molecule has 0 fully saturated rings. The first-order valence-electron chi connectivity index (χ1n) is 6.08. The van der Waals surface area contributed by atoms with E-state index in [9.17, 15) is 8.42 Å². The van der Waals surface area contributed by atoms with Gasteiger partial charge in [0, 0.05) is 5.02 Å². The lowest BCUT2D eigenvalue weighted by molar-refractivity contribution is 0.600. The summed E-state index contributed by atoms with van der Waals surface area (Å²) in [5, 5.41) is 0.427. The van der Waals surface area contributed by atoms with Crippen LogP contribution in [0.5, 0.6) is 0 Å². The molecule has 1 aromatic heterocycles. The Balaban J connectivity index is 2.00. The molecular formula is C14H11ClN2O2S2. The second kappa shape index (κ2) is 5.29. The van der Waals surface area contributed by atoms with Gasteiger partial charge >= 0.3 is 0 Å². The number of nitrogens with zero attached hydrogens (tertiary/aromatic N) is 1. The number of nitrogens with one attached hydrogen (secondary N) is 1. The third kappa shape index (κ3) is 2.74. The van der Waals surface area contributed by atoms with Crippen LogP contribution in [-0.4, -0.2) is 13.4 Å². The van der Waals surface area contributed by atoms with Crippen LogP contribution in [0.25, 0.3) is 10.2 Å². The number of hydrogen-bond acceptors (Lipinski definition) is 4. The number of sulfonamides is 1. The maximum Gasteiger partial charge on any atom is 0.262 e. The summed E-state index contributed by atoms with van der Waals surface area (Å²) in [7, 11) is -3.67. The van der Waals surface area contributed by atoms with Crippen molar-refractivity contribution >= 4 is 48.9 Å². The summed E-state index contributed by atoms with van der Waals surface area (Å²) in [5.41, 5.74) is 3.61. The second-order valence-electron chi connectivity index (χ2n) is 4.50. The van der Waals surface area contributed by atoms with E-state index in [0.717, 1.165) is 10.2 Å². The zero-order chi connectivity index (χ0) is 15.0. The smallest absolute Gasteiger partial charge is 0.262 e. The molecule has 0 aliphatic heterocycles. The van der Waals surface area contributed by atoms with Gasteiger partial charge in [-0.15, -0.1) is 11.3 Å². The summed E-state index contributed by atoms with van der Waals surface area (Å²) in [6, 6.07) is 10.1. The van der Waals surface area contributed by atoms with Gasteiger partial charge in [0.15, 0.2) is 0 Å². The van der Waals surface area contributed by atoms with Crippen LogP contribution in [0.1, 0.15) is 5.56 Å². The molecule has 0 atom stereocenters. The fourth-order valence-corrected chi connectivity index (χ4v) is 4.27. The molecule has 2 aromatic carbocycles. The van der Waals surface area contributed by atoms with Gasteiger partial charge in [0.2, 0.25) is 0 Å². The highest BCUT2D eigenvalue weighted by atomic mass is 35.5. The molecule has 3 rings (SSSR count). The molecule has 3 aromatic rings. The van der Waals surface area contributed by atoms with Crippen molar-refractivity contribution in [3.05, 3.63) is 52.5 Å². The normalized spacial score (nSPS) is 11.7. The van der Waals surface area contributed by atoms with Crippen LogP contribution in [0.2, 0.25) is 5.02 Å². The van der Waals surface area contributed by atoms with Crippen LogP contribution >= 0.6 is 22.9 Å². The van der Waals surface area contributed by atoms with Gasteiger partial charge in [-0.3, -0.25) is 4.72 Å². The summed E-state index contributed by atoms with van der Waals surface area (Å²) in [4.78, 5) is 4.34. The SMILES string of the molecule is Cc1c(Cl)cccc1S(=O)(=O)Nc1ccc2ncsc2c1. The third-order valence-electron chi connectivity index (χ3n) is 3.09. The van der Waals surface area contributed by atoms with Crippen molar-refractivity contribution in [3.63, 3.8) is 0 Å². The Bertz CT molecular complexity index is 920. The van der Waals surface area contributed by atoms with Crippen LogP contribution in [0.15, 0.2) is 46.8 Å². The average molecular weight is 339 g/mol. The Morgan fingerprint density at radius 3 is 2.86 bits per heavy atom. The van der Waals surface area contributed by atoms with Crippen molar-refractivity contribution < 1.29 is 8.42 Å². The van der Waals surface area contributed by atoms with Gasteiger partial charge in [0.1, 0.15) is 0 Å². The first-order valence-corrected chi connectivity index (χ1v) is 8.83. The van der Waals surface area contributed by atoms with Crippen LogP contribution in [0.4, 0.5) is 5.69 Å². The van der Waals surface area contributed by atoms with E-state index in [1.165, 1.54) is 17.4 Å². The number of aromatic nitrogens is 1. The van der Waals surface area contributed by atoms with Gasteiger partial charge in [-0.25, -0.2) is 13.4 Å². The van der Waals surface area contributed by atoms with Gasteiger partial charge in [-0.2, -0.15) is 0 Å². The molecule has 0 aliphatic carbocycles. The first kappa shape index (κ1) is 14.3. The van der Waals surface area contributed by atoms with Gasteiger partial charge in [0.05, 0.1) is 26.3 Å². The Kier molecular flexibility index (Phi) is 3.61. The molecule has 0 bridgehead atoms. The summed E-state index contributed by atoms with van der Waals surface area (Å²) in [6.07, 6.45) is 0. The Labute approximate surface area is 131 Å². The van der Waals surface area contributed by atoms with Crippen molar-refractivity contribution in [2.24, 2.45) is 0 Å². The Morgan fingerprint density at radius 2 is 2.05 bits per heavy atom. The molecule has 4 nitrogen and oxygen atoms in total. The van der Waals surface area contributed by atoms with Crippen LogP contribution < -0.4 is 4.72 Å². The lowest BCUT2D eigenvalue weighted by atomic mass is 10.2. The molecule has 21 heavy (non-hydrogen) atoms. The molecule has 0 aliphatic rings. The monoisotopic (exact) mass is 338 g/mol. The van der Waals surface area contributed by atoms with Crippen LogP contribution in [-0.2, 0) is 10.0 Å². The van der Waals surface area contributed by atoms with E-state index in [1.807, 2.05) is 0 Å². The number of halogens is 1. The van der Waals surface area contributed by atoms with Crippen molar-refractivity contribution in [3.8, 4) is 0 Å². The van der Waals surface area contributed by atoms with Gasteiger partial charge in [-0.05, 0) is 42.8 Å². The zero-order valence-corrected chi connectivity index (χ0v) is 13.4. The number of rotatable bonds is 3. The molecular weight excluding hydrogens is 328 g/mol. The molecule has 0 spiro atoms. The largest absolute Gasteiger partial charge is 0.280 e. The summed E-state index contributed by atoms with van der Waals surface area (Å²) < 4.78 is 28.4. The van der Waals surface area contributed by atoms with Crippen LogP contribution in [0, 0.1) is 6.92 Å². The van der Waals surface area contributed by atoms with E-state index in [4.69, 9.17) is 11.6 Å². The third-order valence-corrected chi connectivity index (χ3v) is 5.82. The Hall–Kier alpha value is -1.63. The molecule has 1 heterocycles. The molecule has 0 saturated carbocycles. The Morgan fingerprint density at radius 1 is 1.24 bits per heavy atom. The minimum absolute atomic E-state index is 0.180. The predicted octanol–water partition coefficient (Wildman–Crippen LogP) is 4.06. The van der Waals surface area contributed by atoms with Gasteiger partial charge < -0.3 is 0 Å². The molecule has 1 N–H and O–H groups in total. The topological polar surface area (TPSA) is 59.1 Å². The molecule has 0 amide bonds. The molecule has 108 valence electrons. The first-order chi connectivity index (χ1) is 9.97. The van der Waals surface area contributed by atoms with Crippen molar-refractivity contribution in [1.29, 1.82) is 0 Å². The van der Waals surface area contributed by atoms with E-state index in [-0.39, 0.29) is 4.90 Å². The second-order valence-corrected chi connectivity index (χ2v) is 7.45. The van der Waals surface area contributed by atoms with Gasteiger partial charge in [0.25, 0.3) is 10.0 Å². The highest BCUT2D eigenvalue weighted by Gasteiger charge is 2.18. The predicted molar refractivity (Wildman–Crippen MR) is 86.6 cm³/mol. The maximum absolute atomic E-state index is 12.5. The minimum atomic E-state index is -3.67. The summed E-state index contributed by atoms with van der Waals surface area (Å²) in [5.74, 6) is 0. The number of benzene rings is 2. The fourth-order valence-electron chi connectivity index (χ4n) is 2.01. The zero-order valence-electron chi connectivity index (χ0n) is 11.0. The maximum atomic E-state index is 12.5. The average Bonchev–Trinajstić information content (AvgIpc) is 2.88. The van der Waals surface area contributed by atoms with Crippen LogP contribution in [0.3, 0.4) is 0 Å². The van der Waals surface area contributed by atoms with Gasteiger partial charge in [-0.1, -0.05) is 17.7 Å². The lowest BCUT2D eigenvalue weighted by Gasteiger charge is -2.11. The number of anilines is 1. The quantitative estimate of drug-likeness (QED) is 0.783. The molecule has 7 heteroatoms. The molecule has 0 saturated heterocycles. The van der Waals surface area contributed by atoms with Crippen molar-refractivity contribution in [2.75, 3.05) is 4.72 Å². The number of hydrogen-bond donors (Lipinski definition) is 1. The highest BCUT2D eigenvalue weighted by Crippen LogP contribution is 2.27. The van der Waals surface area contributed by atoms with E-state index in [1.54, 1.807) is 42.8 Å². The number of fused-ring (bicyclic) bond motifs is 1. The van der Waals surface area contributed by atoms with E-state index < -0.39 is 10.0 Å². The van der Waals surface area contributed by atoms with E-state index in [2.05, 4.69) is 9.71 Å². The number of thiazole rings is 1. The van der Waals surface area contributed by atoms with E-state index >= 15 is 0 Å². The van der Waals surface area contributed by atoms with Crippen molar-refractivity contribution in [2.45, 2.75) is 11.8 Å². The molecule has 0 radical (unpaired) electrons. The highest BCUT2D eigenvalue weighted by molar-refractivity contribution is 7.92. The van der Waals surface area contributed by atoms with Crippen molar-refractivity contribution in [1.82, 2.24) is 4.98 Å². The molecule has 0 unspecified atom stereocenters. The summed E-state index contributed by atoms with van der Waals surface area (Å²) in [6.45, 7) is 1.68. The minimum Gasteiger partial charge on any atom is -0.280 e. The lowest BCUT2D eigenvalue weighted by Crippen LogP contribution is -2.14. The summed E-state index contributed by atoms with van der Waals surface area (Å²) >= 11 is 7.45. The standard InChI is InChI=1S/C14H11ClN2O2S2/c1-9-11(15)3-2-4-14(9)21(18,19)17-10-5-6-12-13(7-10)20-8-16-12/h2-8,17H,1H3.